The smallest absolute Gasteiger partial charge is 0.241 e. The zero-order chi connectivity index (χ0) is 17.5. The molecule has 1 saturated heterocycles. The number of likely N-dealkylation sites (N-methyl/N-ethyl adjacent to an activating group) is 2. The van der Waals surface area contributed by atoms with E-state index in [0.717, 1.165) is 51.1 Å². The van der Waals surface area contributed by atoms with Crippen molar-refractivity contribution in [3.63, 3.8) is 0 Å². The third-order valence-electron chi connectivity index (χ3n) is 4.74. The molecule has 7 nitrogen and oxygen atoms in total. The number of nitrogens with zero attached hydrogens (tertiary/aromatic N) is 4. The lowest BCUT2D eigenvalue weighted by atomic mass is 9.96. The van der Waals surface area contributed by atoms with Crippen LogP contribution in [0, 0.1) is 5.92 Å². The van der Waals surface area contributed by atoms with Crippen molar-refractivity contribution in [2.75, 3.05) is 53.9 Å². The van der Waals surface area contributed by atoms with E-state index in [4.69, 9.17) is 0 Å². The molecular formula is C17H34Cl2N6O. The van der Waals surface area contributed by atoms with Gasteiger partial charge in [0.25, 0.3) is 0 Å². The molecule has 1 aliphatic rings. The molecule has 2 N–H and O–H groups in total. The van der Waals surface area contributed by atoms with Gasteiger partial charge < -0.3 is 20.4 Å². The first-order valence-electron chi connectivity index (χ1n) is 8.80. The molecule has 1 aliphatic heterocycles. The number of amides is 1. The average molecular weight is 409 g/mol. The van der Waals surface area contributed by atoms with Crippen molar-refractivity contribution in [1.29, 1.82) is 0 Å². The summed E-state index contributed by atoms with van der Waals surface area (Å²) < 4.78 is 1.72. The molecule has 1 atom stereocenters. The number of hydrogen-bond acceptors (Lipinski definition) is 5. The topological polar surface area (TPSA) is 65.4 Å². The quantitative estimate of drug-likeness (QED) is 0.669. The second kappa shape index (κ2) is 12.5. The van der Waals surface area contributed by atoms with Gasteiger partial charge in [0.15, 0.2) is 0 Å². The lowest BCUT2D eigenvalue weighted by Gasteiger charge is -2.32. The molecule has 0 aromatic carbocycles. The lowest BCUT2D eigenvalue weighted by Crippen LogP contribution is -2.43. The Morgan fingerprint density at radius 1 is 1.35 bits per heavy atom. The Bertz CT molecular complexity index is 517. The van der Waals surface area contributed by atoms with Crippen LogP contribution in [0.1, 0.15) is 24.4 Å². The molecular weight excluding hydrogens is 375 g/mol. The molecule has 1 aromatic rings. The number of carbonyl (C=O) groups excluding carboxylic acids is 1. The Morgan fingerprint density at radius 2 is 2.00 bits per heavy atom. The van der Waals surface area contributed by atoms with Crippen LogP contribution < -0.4 is 10.6 Å². The minimum absolute atomic E-state index is 0. The molecule has 1 amide bonds. The van der Waals surface area contributed by atoms with Gasteiger partial charge in [-0.25, -0.2) is 0 Å². The Kier molecular flexibility index (Phi) is 12.1. The molecule has 2 rings (SSSR count). The highest BCUT2D eigenvalue weighted by atomic mass is 35.5. The SMILES string of the molecule is CNC(C(=O)NCC1CCN(CCN(C)C)CC1)c1cnn(C)c1.Cl.Cl. The summed E-state index contributed by atoms with van der Waals surface area (Å²) in [5.41, 5.74) is 0.899. The highest BCUT2D eigenvalue weighted by Gasteiger charge is 2.23. The predicted octanol–water partition coefficient (Wildman–Crippen LogP) is 0.914. The molecule has 9 heteroatoms. The number of hydrogen-bond donors (Lipinski definition) is 2. The Labute approximate surface area is 169 Å². The van der Waals surface area contributed by atoms with Crippen LogP contribution in [0.3, 0.4) is 0 Å². The van der Waals surface area contributed by atoms with Crippen LogP contribution in [0.15, 0.2) is 12.4 Å². The molecule has 0 radical (unpaired) electrons. The van der Waals surface area contributed by atoms with Crippen LogP contribution in [0.4, 0.5) is 0 Å². The molecule has 0 aliphatic carbocycles. The molecule has 0 spiro atoms. The van der Waals surface area contributed by atoms with Crippen molar-refractivity contribution in [1.82, 2.24) is 30.2 Å². The maximum atomic E-state index is 12.4. The van der Waals surface area contributed by atoms with Gasteiger partial charge in [-0.05, 0) is 53.0 Å². The zero-order valence-corrected chi connectivity index (χ0v) is 17.9. The summed E-state index contributed by atoms with van der Waals surface area (Å²) in [4.78, 5) is 17.2. The van der Waals surface area contributed by atoms with E-state index in [1.54, 1.807) is 17.9 Å². The maximum Gasteiger partial charge on any atom is 0.241 e. The van der Waals surface area contributed by atoms with Gasteiger partial charge in [-0.3, -0.25) is 9.48 Å². The van der Waals surface area contributed by atoms with Gasteiger partial charge in [0.05, 0.1) is 6.20 Å². The van der Waals surface area contributed by atoms with Gasteiger partial charge in [0.2, 0.25) is 5.91 Å². The van der Waals surface area contributed by atoms with E-state index >= 15 is 0 Å². The van der Waals surface area contributed by atoms with Gasteiger partial charge >= 0.3 is 0 Å². The molecule has 1 unspecified atom stereocenters. The van der Waals surface area contributed by atoms with Crippen molar-refractivity contribution < 1.29 is 4.79 Å². The van der Waals surface area contributed by atoms with Crippen LogP contribution in [-0.2, 0) is 11.8 Å². The maximum absolute atomic E-state index is 12.4. The second-order valence-corrected chi connectivity index (χ2v) is 7.00. The largest absolute Gasteiger partial charge is 0.354 e. The van der Waals surface area contributed by atoms with Gasteiger partial charge in [0, 0.05) is 38.4 Å². The lowest BCUT2D eigenvalue weighted by molar-refractivity contribution is -0.123. The fourth-order valence-corrected chi connectivity index (χ4v) is 3.14. The minimum atomic E-state index is -0.334. The summed E-state index contributed by atoms with van der Waals surface area (Å²) in [7, 11) is 7.89. The van der Waals surface area contributed by atoms with Gasteiger partial charge in [-0.2, -0.15) is 5.10 Å². The number of likely N-dealkylation sites (tertiary alicyclic amines) is 1. The number of carbonyl (C=O) groups is 1. The highest BCUT2D eigenvalue weighted by Crippen LogP contribution is 2.17. The average Bonchev–Trinajstić information content (AvgIpc) is 2.98. The number of aromatic nitrogens is 2. The number of piperidine rings is 1. The van der Waals surface area contributed by atoms with Crippen molar-refractivity contribution in [2.24, 2.45) is 13.0 Å². The summed E-state index contributed by atoms with van der Waals surface area (Å²) in [5, 5.41) is 10.3. The Hall–Kier alpha value is -0.860. The van der Waals surface area contributed by atoms with Crippen LogP contribution in [0.25, 0.3) is 0 Å². The first kappa shape index (κ1) is 25.1. The molecule has 0 saturated carbocycles. The van der Waals surface area contributed by atoms with E-state index in [1.165, 1.54) is 0 Å². The third kappa shape index (κ3) is 7.80. The second-order valence-electron chi connectivity index (χ2n) is 7.00. The van der Waals surface area contributed by atoms with E-state index in [0.29, 0.717) is 5.92 Å². The summed E-state index contributed by atoms with van der Waals surface area (Å²) >= 11 is 0. The molecule has 2 heterocycles. The number of rotatable bonds is 8. The zero-order valence-electron chi connectivity index (χ0n) is 16.3. The summed E-state index contributed by atoms with van der Waals surface area (Å²) in [6, 6.07) is -0.334. The fourth-order valence-electron chi connectivity index (χ4n) is 3.14. The number of nitrogens with one attached hydrogen (secondary N) is 2. The minimum Gasteiger partial charge on any atom is -0.354 e. The van der Waals surface area contributed by atoms with Crippen molar-refractivity contribution in [3.05, 3.63) is 18.0 Å². The van der Waals surface area contributed by atoms with E-state index < -0.39 is 0 Å². The van der Waals surface area contributed by atoms with E-state index in [-0.39, 0.29) is 36.8 Å². The normalized spacial score (nSPS) is 16.7. The predicted molar refractivity (Wildman–Crippen MR) is 110 cm³/mol. The van der Waals surface area contributed by atoms with Crippen molar-refractivity contribution >= 4 is 30.7 Å². The molecule has 1 aromatic heterocycles. The first-order chi connectivity index (χ1) is 11.5. The van der Waals surface area contributed by atoms with E-state index in [9.17, 15) is 4.79 Å². The third-order valence-corrected chi connectivity index (χ3v) is 4.74. The van der Waals surface area contributed by atoms with E-state index in [1.807, 2.05) is 13.2 Å². The van der Waals surface area contributed by atoms with Crippen molar-refractivity contribution in [2.45, 2.75) is 18.9 Å². The standard InChI is InChI=1S/C17H32N6O.2ClH/c1-18-16(15-12-20-22(4)13-15)17(24)19-11-14-5-7-23(8-6-14)10-9-21(2)3;;/h12-14,16,18H,5-11H2,1-4H3,(H,19,24);2*1H. The molecule has 0 bridgehead atoms. The first-order valence-corrected chi connectivity index (χ1v) is 8.80. The monoisotopic (exact) mass is 408 g/mol. The molecule has 26 heavy (non-hydrogen) atoms. The number of aryl methyl sites for hydroxylation is 1. The van der Waals surface area contributed by atoms with Crippen LogP contribution in [0.5, 0.6) is 0 Å². The Morgan fingerprint density at radius 3 is 2.50 bits per heavy atom. The van der Waals surface area contributed by atoms with Gasteiger partial charge in [0.1, 0.15) is 6.04 Å². The van der Waals surface area contributed by atoms with E-state index in [2.05, 4.69) is 39.6 Å². The van der Waals surface area contributed by atoms with Gasteiger partial charge in [-0.1, -0.05) is 0 Å². The highest BCUT2D eigenvalue weighted by molar-refractivity contribution is 5.85. The Balaban J connectivity index is 0.00000312. The summed E-state index contributed by atoms with van der Waals surface area (Å²) in [6.45, 7) is 5.27. The van der Waals surface area contributed by atoms with Crippen LogP contribution in [0.2, 0.25) is 0 Å². The number of halogens is 2. The summed E-state index contributed by atoms with van der Waals surface area (Å²) in [5.74, 6) is 0.608. The van der Waals surface area contributed by atoms with Crippen LogP contribution >= 0.6 is 24.8 Å². The van der Waals surface area contributed by atoms with Crippen LogP contribution in [-0.4, -0.2) is 79.4 Å². The summed E-state index contributed by atoms with van der Waals surface area (Å²) in [6.07, 6.45) is 5.93. The fraction of sp³-hybridized carbons (Fsp3) is 0.765. The molecule has 1 fully saturated rings. The van der Waals surface area contributed by atoms with Gasteiger partial charge in [-0.15, -0.1) is 24.8 Å². The molecule has 152 valence electrons. The van der Waals surface area contributed by atoms with Crippen molar-refractivity contribution in [3.8, 4) is 0 Å².